The standard InChI is InChI=1S/C13H15N3O2/c1-4-18-13(17)12(8-14)16-15-11-6-5-9(2)7-10(11)3/h5-7,12H,4H2,1-3H3/t12-/m1/s1. The van der Waals surface area contributed by atoms with E-state index in [9.17, 15) is 4.79 Å². The number of ether oxygens (including phenoxy) is 1. The topological polar surface area (TPSA) is 74.8 Å². The van der Waals surface area contributed by atoms with E-state index in [-0.39, 0.29) is 6.61 Å². The number of hydrogen-bond acceptors (Lipinski definition) is 5. The zero-order valence-corrected chi connectivity index (χ0v) is 10.7. The van der Waals surface area contributed by atoms with Crippen molar-refractivity contribution >= 4 is 11.7 Å². The molecule has 0 heterocycles. The summed E-state index contributed by atoms with van der Waals surface area (Å²) in [7, 11) is 0. The molecule has 1 atom stereocenters. The van der Waals surface area contributed by atoms with Crippen molar-refractivity contribution in [1.29, 1.82) is 5.26 Å². The number of carbonyl (C=O) groups is 1. The van der Waals surface area contributed by atoms with Gasteiger partial charge in [0, 0.05) is 0 Å². The second-order valence-corrected chi connectivity index (χ2v) is 3.79. The highest BCUT2D eigenvalue weighted by molar-refractivity contribution is 5.78. The minimum Gasteiger partial charge on any atom is -0.464 e. The van der Waals surface area contributed by atoms with Crippen LogP contribution in [0.1, 0.15) is 18.1 Å². The zero-order valence-electron chi connectivity index (χ0n) is 10.7. The van der Waals surface area contributed by atoms with E-state index in [4.69, 9.17) is 10.00 Å². The SMILES string of the molecule is CCOC(=O)[C@@H](C#N)N=Nc1ccc(C)cc1C. The summed E-state index contributed by atoms with van der Waals surface area (Å²) in [5, 5.41) is 16.4. The smallest absolute Gasteiger partial charge is 0.347 e. The highest BCUT2D eigenvalue weighted by Crippen LogP contribution is 2.20. The van der Waals surface area contributed by atoms with E-state index in [1.165, 1.54) is 0 Å². The van der Waals surface area contributed by atoms with E-state index in [0.29, 0.717) is 5.69 Å². The third-order valence-electron chi connectivity index (χ3n) is 2.27. The molecule has 0 aliphatic rings. The molecule has 0 saturated heterocycles. The fourth-order valence-electron chi connectivity index (χ4n) is 1.38. The Morgan fingerprint density at radius 3 is 2.78 bits per heavy atom. The highest BCUT2D eigenvalue weighted by Gasteiger charge is 2.18. The molecule has 5 heteroatoms. The molecular formula is C13H15N3O2. The van der Waals surface area contributed by atoms with Gasteiger partial charge < -0.3 is 4.74 Å². The predicted octanol–water partition coefficient (Wildman–Crippen LogP) is 2.84. The molecule has 0 radical (unpaired) electrons. The Bertz CT molecular complexity index is 503. The van der Waals surface area contributed by atoms with Crippen molar-refractivity contribution in [2.24, 2.45) is 10.2 Å². The number of esters is 1. The summed E-state index contributed by atoms with van der Waals surface area (Å²) in [5.74, 6) is -0.673. The van der Waals surface area contributed by atoms with Crippen molar-refractivity contribution in [3.8, 4) is 6.07 Å². The number of nitrogens with zero attached hydrogens (tertiary/aromatic N) is 3. The average molecular weight is 245 g/mol. The Hall–Kier alpha value is -2.22. The van der Waals surface area contributed by atoms with Gasteiger partial charge in [-0.25, -0.2) is 4.79 Å². The quantitative estimate of drug-likeness (QED) is 0.604. The molecule has 0 aliphatic carbocycles. The maximum atomic E-state index is 11.3. The van der Waals surface area contributed by atoms with Gasteiger partial charge in [0.2, 0.25) is 0 Å². The Morgan fingerprint density at radius 1 is 1.50 bits per heavy atom. The summed E-state index contributed by atoms with van der Waals surface area (Å²) >= 11 is 0. The maximum absolute atomic E-state index is 11.3. The third-order valence-corrected chi connectivity index (χ3v) is 2.27. The molecule has 5 nitrogen and oxygen atoms in total. The lowest BCUT2D eigenvalue weighted by Gasteiger charge is -2.03. The molecule has 0 aliphatic heterocycles. The van der Waals surface area contributed by atoms with Gasteiger partial charge in [0.25, 0.3) is 6.04 Å². The first-order valence-electron chi connectivity index (χ1n) is 5.62. The molecule has 0 bridgehead atoms. The Kier molecular flexibility index (Phi) is 5.00. The lowest BCUT2D eigenvalue weighted by molar-refractivity contribution is -0.143. The van der Waals surface area contributed by atoms with Crippen LogP contribution < -0.4 is 0 Å². The van der Waals surface area contributed by atoms with Gasteiger partial charge in [-0.05, 0) is 32.4 Å². The van der Waals surface area contributed by atoms with Crippen LogP contribution in [0.15, 0.2) is 28.4 Å². The molecule has 0 unspecified atom stereocenters. The van der Waals surface area contributed by atoms with E-state index in [0.717, 1.165) is 11.1 Å². The molecule has 0 aromatic heterocycles. The van der Waals surface area contributed by atoms with Crippen LogP contribution >= 0.6 is 0 Å². The van der Waals surface area contributed by atoms with Gasteiger partial charge in [0.05, 0.1) is 12.3 Å². The van der Waals surface area contributed by atoms with Crippen molar-refractivity contribution in [1.82, 2.24) is 0 Å². The monoisotopic (exact) mass is 245 g/mol. The lowest BCUT2D eigenvalue weighted by atomic mass is 10.1. The minimum absolute atomic E-state index is 0.218. The number of aryl methyl sites for hydroxylation is 2. The summed E-state index contributed by atoms with van der Waals surface area (Å²) < 4.78 is 4.72. The molecule has 0 N–H and O–H groups in total. The number of benzene rings is 1. The molecule has 0 fully saturated rings. The van der Waals surface area contributed by atoms with Crippen molar-refractivity contribution in [2.75, 3.05) is 6.61 Å². The first-order chi connectivity index (χ1) is 8.58. The molecule has 1 rings (SSSR count). The fourth-order valence-corrected chi connectivity index (χ4v) is 1.38. The van der Waals surface area contributed by atoms with Crippen molar-refractivity contribution < 1.29 is 9.53 Å². The van der Waals surface area contributed by atoms with Crippen molar-refractivity contribution in [2.45, 2.75) is 26.8 Å². The van der Waals surface area contributed by atoms with E-state index in [1.807, 2.05) is 26.0 Å². The Labute approximate surface area is 106 Å². The third kappa shape index (κ3) is 3.67. The molecule has 18 heavy (non-hydrogen) atoms. The van der Waals surface area contributed by atoms with Crippen LogP contribution in [0.4, 0.5) is 5.69 Å². The van der Waals surface area contributed by atoms with Crippen LogP contribution in [0.25, 0.3) is 0 Å². The van der Waals surface area contributed by atoms with Gasteiger partial charge in [0.15, 0.2) is 0 Å². The largest absolute Gasteiger partial charge is 0.464 e. The van der Waals surface area contributed by atoms with E-state index >= 15 is 0 Å². The molecule has 1 aromatic carbocycles. The van der Waals surface area contributed by atoms with Crippen LogP contribution in [-0.4, -0.2) is 18.6 Å². The first-order valence-corrected chi connectivity index (χ1v) is 5.62. The van der Waals surface area contributed by atoms with Gasteiger partial charge in [0.1, 0.15) is 6.07 Å². The average Bonchev–Trinajstić information content (AvgIpc) is 2.32. The molecule has 0 spiro atoms. The highest BCUT2D eigenvalue weighted by atomic mass is 16.5. The number of nitriles is 1. The van der Waals surface area contributed by atoms with Gasteiger partial charge in [-0.15, -0.1) is 0 Å². The predicted molar refractivity (Wildman–Crippen MR) is 66.5 cm³/mol. The van der Waals surface area contributed by atoms with Crippen molar-refractivity contribution in [3.63, 3.8) is 0 Å². The minimum atomic E-state index is -1.20. The van der Waals surface area contributed by atoms with E-state index < -0.39 is 12.0 Å². The molecule has 94 valence electrons. The lowest BCUT2D eigenvalue weighted by Crippen LogP contribution is -2.19. The van der Waals surface area contributed by atoms with Crippen LogP contribution in [-0.2, 0) is 9.53 Å². The second kappa shape index (κ2) is 6.50. The molecule has 0 amide bonds. The van der Waals surface area contributed by atoms with Crippen LogP contribution in [0.3, 0.4) is 0 Å². The summed E-state index contributed by atoms with van der Waals surface area (Å²) in [5.41, 5.74) is 2.71. The van der Waals surface area contributed by atoms with Gasteiger partial charge in [-0.2, -0.15) is 15.5 Å². The van der Waals surface area contributed by atoms with Gasteiger partial charge in [-0.1, -0.05) is 17.7 Å². The number of azo groups is 1. The molecule has 0 saturated carbocycles. The Morgan fingerprint density at radius 2 is 2.22 bits per heavy atom. The first kappa shape index (κ1) is 13.8. The van der Waals surface area contributed by atoms with Crippen LogP contribution in [0.2, 0.25) is 0 Å². The van der Waals surface area contributed by atoms with Crippen LogP contribution in [0, 0.1) is 25.2 Å². The van der Waals surface area contributed by atoms with Gasteiger partial charge >= 0.3 is 5.97 Å². The number of carbonyl (C=O) groups excluding carboxylic acids is 1. The molecular weight excluding hydrogens is 230 g/mol. The second-order valence-electron chi connectivity index (χ2n) is 3.79. The summed E-state index contributed by atoms with van der Waals surface area (Å²) in [6.45, 7) is 5.77. The van der Waals surface area contributed by atoms with Crippen LogP contribution in [0.5, 0.6) is 0 Å². The van der Waals surface area contributed by atoms with Crippen molar-refractivity contribution in [3.05, 3.63) is 29.3 Å². The summed E-state index contributed by atoms with van der Waals surface area (Å²) in [4.78, 5) is 11.3. The zero-order chi connectivity index (χ0) is 13.5. The Balaban J connectivity index is 2.84. The summed E-state index contributed by atoms with van der Waals surface area (Å²) in [6, 6.07) is 6.20. The summed E-state index contributed by atoms with van der Waals surface area (Å²) in [6.07, 6.45) is 0. The van der Waals surface area contributed by atoms with Gasteiger partial charge in [-0.3, -0.25) is 0 Å². The van der Waals surface area contributed by atoms with E-state index in [1.54, 1.807) is 19.1 Å². The molecule has 1 aromatic rings. The maximum Gasteiger partial charge on any atom is 0.347 e. The van der Waals surface area contributed by atoms with E-state index in [2.05, 4.69) is 10.2 Å². The normalized spacial score (nSPS) is 12.1. The number of rotatable bonds is 4. The number of hydrogen-bond donors (Lipinski definition) is 0. The fraction of sp³-hybridized carbons (Fsp3) is 0.385.